The summed E-state index contributed by atoms with van der Waals surface area (Å²) < 4.78 is 0. The molecule has 2 rings (SSSR count). The van der Waals surface area contributed by atoms with Crippen molar-refractivity contribution in [3.05, 3.63) is 66.2 Å². The standard InChI is InChI=1S/C13H12N2O/c1-3-7-12(8-4-1)11-16-15-14-13-9-5-2-6-10-13/h1-10H,11H2. The number of rotatable bonds is 4. The Labute approximate surface area is 94.4 Å². The fourth-order valence-electron chi connectivity index (χ4n) is 1.25. The summed E-state index contributed by atoms with van der Waals surface area (Å²) in [5.74, 6) is 0. The highest BCUT2D eigenvalue weighted by atomic mass is 16.6. The van der Waals surface area contributed by atoms with Crippen molar-refractivity contribution in [3.63, 3.8) is 0 Å². The molecule has 0 aromatic heterocycles. The molecule has 0 unspecified atom stereocenters. The van der Waals surface area contributed by atoms with Crippen LogP contribution in [0.3, 0.4) is 0 Å². The van der Waals surface area contributed by atoms with E-state index in [1.54, 1.807) is 0 Å². The first-order chi connectivity index (χ1) is 7.95. The van der Waals surface area contributed by atoms with Crippen LogP contribution in [0, 0.1) is 0 Å². The first-order valence-electron chi connectivity index (χ1n) is 5.07. The van der Waals surface area contributed by atoms with E-state index >= 15 is 0 Å². The van der Waals surface area contributed by atoms with Crippen LogP contribution < -0.4 is 0 Å². The second-order valence-electron chi connectivity index (χ2n) is 3.28. The van der Waals surface area contributed by atoms with Crippen molar-refractivity contribution >= 4 is 5.69 Å². The minimum Gasteiger partial charge on any atom is -0.374 e. The molecule has 0 fully saturated rings. The molecule has 2 aromatic carbocycles. The zero-order chi connectivity index (χ0) is 11.1. The van der Waals surface area contributed by atoms with Gasteiger partial charge in [-0.25, -0.2) is 0 Å². The Balaban J connectivity index is 1.83. The van der Waals surface area contributed by atoms with Crippen molar-refractivity contribution in [1.29, 1.82) is 0 Å². The molecule has 0 N–H and O–H groups in total. The van der Waals surface area contributed by atoms with Crippen molar-refractivity contribution in [2.75, 3.05) is 0 Å². The fourth-order valence-corrected chi connectivity index (χ4v) is 1.25. The maximum atomic E-state index is 5.08. The Morgan fingerprint density at radius 3 is 2.12 bits per heavy atom. The van der Waals surface area contributed by atoms with Gasteiger partial charge in [-0.1, -0.05) is 48.5 Å². The third kappa shape index (κ3) is 3.20. The van der Waals surface area contributed by atoms with E-state index in [9.17, 15) is 0 Å². The molecule has 0 bridgehead atoms. The van der Waals surface area contributed by atoms with Crippen LogP contribution in [0.2, 0.25) is 0 Å². The molecule has 0 atom stereocenters. The van der Waals surface area contributed by atoms with Gasteiger partial charge in [0.1, 0.15) is 6.61 Å². The molecule has 0 amide bonds. The van der Waals surface area contributed by atoms with Gasteiger partial charge in [0.25, 0.3) is 0 Å². The minimum atomic E-state index is 0.442. The summed E-state index contributed by atoms with van der Waals surface area (Å²) in [6.07, 6.45) is 0. The zero-order valence-corrected chi connectivity index (χ0v) is 8.78. The molecule has 0 saturated carbocycles. The molecular weight excluding hydrogens is 200 g/mol. The van der Waals surface area contributed by atoms with E-state index in [-0.39, 0.29) is 0 Å². The van der Waals surface area contributed by atoms with Gasteiger partial charge in [0.05, 0.1) is 5.69 Å². The lowest BCUT2D eigenvalue weighted by Gasteiger charge is -1.97. The lowest BCUT2D eigenvalue weighted by Crippen LogP contribution is -1.84. The molecule has 0 aliphatic rings. The van der Waals surface area contributed by atoms with Crippen LogP contribution in [0.4, 0.5) is 5.69 Å². The summed E-state index contributed by atoms with van der Waals surface area (Å²) in [6.45, 7) is 0.442. The van der Waals surface area contributed by atoms with E-state index in [0.29, 0.717) is 6.61 Å². The van der Waals surface area contributed by atoms with Crippen LogP contribution in [0.25, 0.3) is 0 Å². The summed E-state index contributed by atoms with van der Waals surface area (Å²) in [6, 6.07) is 19.4. The van der Waals surface area contributed by atoms with Crippen molar-refractivity contribution in [1.82, 2.24) is 0 Å². The van der Waals surface area contributed by atoms with Gasteiger partial charge >= 0.3 is 0 Å². The highest BCUT2D eigenvalue weighted by Crippen LogP contribution is 2.10. The van der Waals surface area contributed by atoms with Crippen molar-refractivity contribution < 1.29 is 4.84 Å². The molecule has 16 heavy (non-hydrogen) atoms. The summed E-state index contributed by atoms with van der Waals surface area (Å²) in [7, 11) is 0. The lowest BCUT2D eigenvalue weighted by atomic mass is 10.2. The largest absolute Gasteiger partial charge is 0.374 e. The zero-order valence-electron chi connectivity index (χ0n) is 8.78. The summed E-state index contributed by atoms with van der Waals surface area (Å²) in [5, 5.41) is 7.59. The van der Waals surface area contributed by atoms with Crippen LogP contribution in [0.15, 0.2) is 71.1 Å². The van der Waals surface area contributed by atoms with Gasteiger partial charge in [-0.2, -0.15) is 0 Å². The number of nitrogens with zero attached hydrogens (tertiary/aromatic N) is 2. The number of hydrogen-bond donors (Lipinski definition) is 0. The van der Waals surface area contributed by atoms with Gasteiger partial charge in [0, 0.05) is 5.28 Å². The highest BCUT2D eigenvalue weighted by molar-refractivity contribution is 5.34. The monoisotopic (exact) mass is 212 g/mol. The molecule has 0 spiro atoms. The van der Waals surface area contributed by atoms with E-state index in [1.807, 2.05) is 60.7 Å². The second kappa shape index (κ2) is 5.66. The third-order valence-corrected chi connectivity index (χ3v) is 2.04. The Hall–Kier alpha value is -2.16. The van der Waals surface area contributed by atoms with Gasteiger partial charge in [-0.3, -0.25) is 0 Å². The van der Waals surface area contributed by atoms with Crippen LogP contribution in [-0.2, 0) is 11.4 Å². The normalized spacial score (nSPS) is 10.5. The maximum Gasteiger partial charge on any atom is 0.144 e. The second-order valence-corrected chi connectivity index (χ2v) is 3.28. The minimum absolute atomic E-state index is 0.442. The molecular formula is C13H12N2O. The van der Waals surface area contributed by atoms with E-state index in [1.165, 1.54) is 0 Å². The Morgan fingerprint density at radius 1 is 0.812 bits per heavy atom. The molecule has 0 heterocycles. The van der Waals surface area contributed by atoms with Crippen molar-refractivity contribution in [2.24, 2.45) is 10.4 Å². The predicted molar refractivity (Wildman–Crippen MR) is 62.2 cm³/mol. The number of hydrogen-bond acceptors (Lipinski definition) is 3. The Kier molecular flexibility index (Phi) is 3.66. The molecule has 0 aliphatic heterocycles. The average molecular weight is 212 g/mol. The molecule has 3 nitrogen and oxygen atoms in total. The fraction of sp³-hybridized carbons (Fsp3) is 0.0769. The first kappa shape index (κ1) is 10.4. The third-order valence-electron chi connectivity index (χ3n) is 2.04. The maximum absolute atomic E-state index is 5.08. The molecule has 0 aliphatic carbocycles. The summed E-state index contributed by atoms with van der Waals surface area (Å²) in [5.41, 5.74) is 1.87. The van der Waals surface area contributed by atoms with Gasteiger partial charge in [-0.15, -0.1) is 5.11 Å². The van der Waals surface area contributed by atoms with Crippen LogP contribution in [0.1, 0.15) is 5.56 Å². The van der Waals surface area contributed by atoms with Gasteiger partial charge in [0.2, 0.25) is 0 Å². The average Bonchev–Trinajstić information content (AvgIpc) is 2.37. The Morgan fingerprint density at radius 2 is 1.44 bits per heavy atom. The van der Waals surface area contributed by atoms with Crippen molar-refractivity contribution in [2.45, 2.75) is 6.61 Å². The smallest absolute Gasteiger partial charge is 0.144 e. The summed E-state index contributed by atoms with van der Waals surface area (Å²) in [4.78, 5) is 5.08. The first-order valence-corrected chi connectivity index (χ1v) is 5.07. The van der Waals surface area contributed by atoms with E-state index in [4.69, 9.17) is 4.84 Å². The van der Waals surface area contributed by atoms with Gasteiger partial charge < -0.3 is 4.84 Å². The lowest BCUT2D eigenvalue weighted by molar-refractivity contribution is 0.112. The van der Waals surface area contributed by atoms with Crippen LogP contribution in [0.5, 0.6) is 0 Å². The predicted octanol–water partition coefficient (Wildman–Crippen LogP) is 3.90. The van der Waals surface area contributed by atoms with Gasteiger partial charge in [0.15, 0.2) is 0 Å². The molecule has 0 saturated heterocycles. The molecule has 2 aromatic rings. The topological polar surface area (TPSA) is 34.0 Å². The Bertz CT molecular complexity index is 440. The molecule has 0 radical (unpaired) electrons. The van der Waals surface area contributed by atoms with Crippen LogP contribution >= 0.6 is 0 Å². The highest BCUT2D eigenvalue weighted by Gasteiger charge is 1.90. The van der Waals surface area contributed by atoms with Gasteiger partial charge in [-0.05, 0) is 17.7 Å². The van der Waals surface area contributed by atoms with E-state index in [2.05, 4.69) is 10.4 Å². The molecule has 80 valence electrons. The van der Waals surface area contributed by atoms with E-state index < -0.39 is 0 Å². The number of benzene rings is 2. The summed E-state index contributed by atoms with van der Waals surface area (Å²) >= 11 is 0. The molecule has 3 heteroatoms. The van der Waals surface area contributed by atoms with Crippen molar-refractivity contribution in [3.8, 4) is 0 Å². The quantitative estimate of drug-likeness (QED) is 0.559. The van der Waals surface area contributed by atoms with E-state index in [0.717, 1.165) is 11.3 Å². The van der Waals surface area contributed by atoms with Crippen LogP contribution in [-0.4, -0.2) is 0 Å². The SMILES string of the molecule is c1ccc(CON=Nc2ccccc2)cc1.